The number of anilines is 1. The average Bonchev–Trinajstić information content (AvgIpc) is 3.06. The van der Waals surface area contributed by atoms with Crippen molar-refractivity contribution in [1.29, 1.82) is 0 Å². The summed E-state index contributed by atoms with van der Waals surface area (Å²) in [7, 11) is 1.52. The number of rotatable bonds is 12. The molecule has 3 atom stereocenters. The third-order valence-electron chi connectivity index (χ3n) is 7.55. The van der Waals surface area contributed by atoms with Crippen molar-refractivity contribution in [3.63, 3.8) is 0 Å². The predicted octanol–water partition coefficient (Wildman–Crippen LogP) is 5.23. The van der Waals surface area contributed by atoms with Gasteiger partial charge in [0.1, 0.15) is 12.4 Å². The fourth-order valence-corrected chi connectivity index (χ4v) is 5.52. The van der Waals surface area contributed by atoms with E-state index in [1.54, 1.807) is 19.1 Å². The second-order valence-corrected chi connectivity index (χ2v) is 10.5. The first kappa shape index (κ1) is 29.9. The van der Waals surface area contributed by atoms with Gasteiger partial charge in [-0.15, -0.1) is 0 Å². The van der Waals surface area contributed by atoms with E-state index in [1.807, 2.05) is 4.90 Å². The number of fused-ring (bicyclic) bond motifs is 2. The zero-order valence-corrected chi connectivity index (χ0v) is 23.7. The zero-order chi connectivity index (χ0) is 28.5. The first-order chi connectivity index (χ1) is 19.4. The molecule has 220 valence electrons. The smallest absolute Gasteiger partial charge is 0.416 e. The van der Waals surface area contributed by atoms with Crippen LogP contribution in [-0.2, 0) is 19.0 Å². The van der Waals surface area contributed by atoms with Crippen molar-refractivity contribution < 1.29 is 38.1 Å². The molecule has 0 N–H and O–H groups in total. The van der Waals surface area contributed by atoms with Crippen molar-refractivity contribution in [2.45, 2.75) is 89.7 Å². The van der Waals surface area contributed by atoms with E-state index in [0.717, 1.165) is 44.9 Å². The Labute approximate surface area is 236 Å². The summed E-state index contributed by atoms with van der Waals surface area (Å²) in [5.41, 5.74) is 0.672. The number of amides is 2. The number of ether oxygens (including phenoxy) is 5. The van der Waals surface area contributed by atoms with Crippen LogP contribution in [0.1, 0.15) is 81.5 Å². The quantitative estimate of drug-likeness (QED) is 0.254. The lowest BCUT2D eigenvalue weighted by atomic mass is 10.00. The van der Waals surface area contributed by atoms with E-state index in [0.29, 0.717) is 61.8 Å². The lowest BCUT2D eigenvalue weighted by molar-refractivity contribution is -0.198. The molecule has 2 amide bonds. The molecule has 10 nitrogen and oxygen atoms in total. The summed E-state index contributed by atoms with van der Waals surface area (Å²) in [6.07, 6.45) is 7.61. The molecule has 40 heavy (non-hydrogen) atoms. The normalized spacial score (nSPS) is 22.6. The maximum atomic E-state index is 14.0. The summed E-state index contributed by atoms with van der Waals surface area (Å²) in [6.45, 7) is 6.82. The van der Waals surface area contributed by atoms with Gasteiger partial charge in [-0.2, -0.15) is 0 Å². The van der Waals surface area contributed by atoms with Crippen LogP contribution in [0.3, 0.4) is 0 Å². The maximum Gasteiger partial charge on any atom is 0.416 e. The Bertz CT molecular complexity index is 1050. The number of hydrogen-bond donors (Lipinski definition) is 0. The molecule has 3 aliphatic rings. The summed E-state index contributed by atoms with van der Waals surface area (Å²) in [5, 5.41) is 0. The van der Waals surface area contributed by atoms with E-state index in [1.165, 1.54) is 18.1 Å². The van der Waals surface area contributed by atoms with Gasteiger partial charge in [0.05, 0.1) is 31.0 Å². The van der Waals surface area contributed by atoms with E-state index in [2.05, 4.69) is 6.58 Å². The number of unbranched alkanes of at least 4 members (excludes halogenated alkanes) is 2. The molecule has 0 radical (unpaired) electrons. The summed E-state index contributed by atoms with van der Waals surface area (Å²) in [6, 6.07) is 2.95. The molecule has 0 saturated carbocycles. The van der Waals surface area contributed by atoms with E-state index in [9.17, 15) is 14.4 Å². The van der Waals surface area contributed by atoms with Gasteiger partial charge in [-0.1, -0.05) is 12.7 Å². The number of methoxy groups -OCH3 is 1. The zero-order valence-electron chi connectivity index (χ0n) is 23.7. The van der Waals surface area contributed by atoms with Crippen molar-refractivity contribution in [3.05, 3.63) is 30.4 Å². The number of Topliss-reactive ketones (excluding diaryl/α,β-unsaturated/α-hetero) is 1. The molecular weight excluding hydrogens is 516 g/mol. The first-order valence-electron chi connectivity index (χ1n) is 14.4. The monoisotopic (exact) mass is 558 g/mol. The highest BCUT2D eigenvalue weighted by atomic mass is 16.7. The van der Waals surface area contributed by atoms with E-state index in [4.69, 9.17) is 23.7 Å². The van der Waals surface area contributed by atoms with Gasteiger partial charge >= 0.3 is 6.09 Å². The summed E-state index contributed by atoms with van der Waals surface area (Å²) in [4.78, 5) is 42.1. The van der Waals surface area contributed by atoms with Crippen molar-refractivity contribution in [2.24, 2.45) is 0 Å². The van der Waals surface area contributed by atoms with E-state index in [-0.39, 0.29) is 24.3 Å². The molecule has 1 aromatic carbocycles. The lowest BCUT2D eigenvalue weighted by Gasteiger charge is -2.42. The van der Waals surface area contributed by atoms with Crippen molar-refractivity contribution >= 4 is 23.5 Å². The molecule has 10 heteroatoms. The SMILES string of the molecule is C=CCOC(=O)N1c2cc(OCCCCCC(C)=O)c(OC)cc2C(=O)N2CCCC[C@H]2C1OC1CCCCO1. The second kappa shape index (κ2) is 14.5. The maximum absolute atomic E-state index is 14.0. The summed E-state index contributed by atoms with van der Waals surface area (Å²) >= 11 is 0. The van der Waals surface area contributed by atoms with Crippen LogP contribution in [0, 0.1) is 0 Å². The minimum absolute atomic E-state index is 0.0133. The number of ketones is 1. The standard InChI is InChI=1S/C30H42N2O8/c1-4-16-39-30(35)32-24-20-26(37-17-10-5-6-12-21(2)33)25(36-3)19-22(24)28(34)31-15-9-7-13-23(31)29(32)40-27-14-8-11-18-38-27/h4,19-20,23,27,29H,1,5-18H2,2-3H3/t23-,27?,29?/m0/s1. The molecular formula is C30H42N2O8. The fraction of sp³-hybridized carbons (Fsp3) is 0.633. The highest BCUT2D eigenvalue weighted by Crippen LogP contribution is 2.42. The topological polar surface area (TPSA) is 104 Å². The van der Waals surface area contributed by atoms with Crippen LogP contribution in [0.4, 0.5) is 10.5 Å². The van der Waals surface area contributed by atoms with Gasteiger partial charge in [0.15, 0.2) is 24.0 Å². The van der Waals surface area contributed by atoms with Crippen LogP contribution in [0.25, 0.3) is 0 Å². The Morgan fingerprint density at radius 3 is 2.65 bits per heavy atom. The Morgan fingerprint density at radius 2 is 1.93 bits per heavy atom. The summed E-state index contributed by atoms with van der Waals surface area (Å²) in [5.74, 6) is 0.799. The van der Waals surface area contributed by atoms with Crippen LogP contribution in [0.15, 0.2) is 24.8 Å². The molecule has 1 aromatic rings. The third-order valence-corrected chi connectivity index (χ3v) is 7.55. The molecule has 2 fully saturated rings. The fourth-order valence-electron chi connectivity index (χ4n) is 5.52. The average molecular weight is 559 g/mol. The molecule has 0 aromatic heterocycles. The molecule has 3 heterocycles. The molecule has 4 rings (SSSR count). The van der Waals surface area contributed by atoms with Crippen molar-refractivity contribution in [3.8, 4) is 11.5 Å². The van der Waals surface area contributed by atoms with Gasteiger partial charge in [-0.05, 0) is 70.8 Å². The number of carbonyl (C=O) groups excluding carboxylic acids is 3. The van der Waals surface area contributed by atoms with E-state index < -0.39 is 18.6 Å². The van der Waals surface area contributed by atoms with Gasteiger partial charge in [0.2, 0.25) is 0 Å². The minimum atomic E-state index is -0.807. The Kier molecular flexibility index (Phi) is 10.8. The van der Waals surface area contributed by atoms with Gasteiger partial charge in [0, 0.05) is 25.6 Å². The number of piperidine rings is 1. The van der Waals surface area contributed by atoms with Crippen LogP contribution in [0.2, 0.25) is 0 Å². The number of nitrogens with zero attached hydrogens (tertiary/aromatic N) is 2. The molecule has 3 aliphatic heterocycles. The number of hydrogen-bond acceptors (Lipinski definition) is 8. The van der Waals surface area contributed by atoms with Crippen molar-refractivity contribution in [1.82, 2.24) is 4.90 Å². The van der Waals surface area contributed by atoms with Crippen LogP contribution in [-0.4, -0.2) is 74.7 Å². The van der Waals surface area contributed by atoms with Crippen molar-refractivity contribution in [2.75, 3.05) is 38.4 Å². The third kappa shape index (κ3) is 7.14. The van der Waals surface area contributed by atoms with Gasteiger partial charge in [-0.25, -0.2) is 9.69 Å². The highest BCUT2D eigenvalue weighted by molar-refractivity contribution is 6.06. The molecule has 0 aliphatic carbocycles. The summed E-state index contributed by atoms with van der Waals surface area (Å²) < 4.78 is 29.7. The second-order valence-electron chi connectivity index (χ2n) is 10.5. The molecule has 2 saturated heterocycles. The Morgan fingerprint density at radius 1 is 1.10 bits per heavy atom. The van der Waals surface area contributed by atoms with Gasteiger partial charge in [-0.3, -0.25) is 4.79 Å². The number of carbonyl (C=O) groups is 3. The van der Waals surface area contributed by atoms with Gasteiger partial charge < -0.3 is 33.4 Å². The molecule has 2 unspecified atom stereocenters. The highest BCUT2D eigenvalue weighted by Gasteiger charge is 2.46. The Balaban J connectivity index is 1.71. The molecule has 0 spiro atoms. The minimum Gasteiger partial charge on any atom is -0.493 e. The van der Waals surface area contributed by atoms with Gasteiger partial charge in [0.25, 0.3) is 5.91 Å². The largest absolute Gasteiger partial charge is 0.493 e. The predicted molar refractivity (Wildman–Crippen MR) is 149 cm³/mol. The van der Waals surface area contributed by atoms with Crippen LogP contribution < -0.4 is 14.4 Å². The Hall–Kier alpha value is -3.11. The number of benzene rings is 1. The lowest BCUT2D eigenvalue weighted by Crippen LogP contribution is -2.57. The first-order valence-corrected chi connectivity index (χ1v) is 14.4. The molecule has 0 bridgehead atoms. The van der Waals surface area contributed by atoms with Crippen LogP contribution >= 0.6 is 0 Å². The van der Waals surface area contributed by atoms with Crippen LogP contribution in [0.5, 0.6) is 11.5 Å². The van der Waals surface area contributed by atoms with E-state index >= 15 is 0 Å².